The van der Waals surface area contributed by atoms with Crippen molar-refractivity contribution in [3.8, 4) is 0 Å². The Hall–Kier alpha value is -10.4. The smallest absolute Gasteiger partial charge is 0.170 e. The van der Waals surface area contributed by atoms with Crippen LogP contribution < -0.4 is 0 Å². The van der Waals surface area contributed by atoms with Crippen LogP contribution in [0.1, 0.15) is 129 Å². The van der Waals surface area contributed by atoms with Crippen molar-refractivity contribution in [3.63, 3.8) is 0 Å². The van der Waals surface area contributed by atoms with Crippen LogP contribution >= 0.6 is 23.1 Å². The number of fused-ring (bicyclic) bond motifs is 28. The second-order valence-corrected chi connectivity index (χ2v) is 45.4. The summed E-state index contributed by atoms with van der Waals surface area (Å²) in [6.45, 7) is 57.4. The van der Waals surface area contributed by atoms with Crippen LogP contribution in [0.2, 0.25) is 0 Å². The minimum absolute atomic E-state index is 0.646. The van der Waals surface area contributed by atoms with E-state index in [0.717, 1.165) is 153 Å². The summed E-state index contributed by atoms with van der Waals surface area (Å²) in [5.41, 5.74) is 23.1. The molecule has 7 aromatic heterocycles. The van der Waals surface area contributed by atoms with Crippen LogP contribution in [0.5, 0.6) is 0 Å². The van der Waals surface area contributed by atoms with Gasteiger partial charge in [-0.3, -0.25) is 0 Å². The van der Waals surface area contributed by atoms with Crippen LogP contribution in [0.15, 0.2) is 278 Å². The number of hydrogen-bond acceptors (Lipinski definition) is 21. The van der Waals surface area contributed by atoms with Gasteiger partial charge < -0.3 is 56.9 Å². The summed E-state index contributed by atoms with van der Waals surface area (Å²) in [6, 6.07) is 46.5. The first kappa shape index (κ1) is 94.5. The van der Waals surface area contributed by atoms with Crippen LogP contribution in [0.4, 0.5) is 0 Å². The number of para-hydroxylation sites is 2. The minimum atomic E-state index is 0.646. The van der Waals surface area contributed by atoms with Gasteiger partial charge in [-0.15, -0.1) is 0 Å². The van der Waals surface area contributed by atoms with Gasteiger partial charge in [-0.05, 0) is 408 Å². The Balaban J connectivity index is 0.0000000939. The number of rotatable bonds is 21. The normalized spacial score (nSPS) is 28.9. The third kappa shape index (κ3) is 21.5. The van der Waals surface area contributed by atoms with Crippen LogP contribution in [0.3, 0.4) is 0 Å². The van der Waals surface area contributed by atoms with Gasteiger partial charge in [0.05, 0.1) is 39.9 Å². The first-order chi connectivity index (χ1) is 68.6. The zero-order chi connectivity index (χ0) is 94.7. The standard InChI is InChI=1S/5C17H20N2O.2C17H20N2S/c1-12(16-11-19-6-4-14(16)5-7-19)8-13-2-3-17-15(9-13)10-18-20-17;1-12(16-11-19-6-4-14(16)5-7-19)8-13-2-3-15-10-18-20-17(15)9-13;1-12(16-11-19-7-5-13(16)6-8-19)9-14-3-2-4-17-15(14)10-18-20-17;1-12(16-11-19-7-5-13(16)6-8-19)9-14-3-2-4-15-10-18-20-17(14)15;1-12(15-11-19-8-6-13(15)7-9-19)10-16-14-4-2-3-5-17(14)20-18-16;1-12(16-11-19-6-4-14(16)5-7-19)8-13-2-3-15-10-18-20-17(15)9-13;1-12(16-11-19-7-5-13(16)6-8-19)9-14-3-2-4-15-10-18-20-17(14)15/h2*2-3,9-10,14,16H,1,4-8,11H2;2*2-4,10,13,16H,1,5-9,11H2;2-5,13,15H,1,6-11H2;2-3,9-10,14,16H,1,4-8,11H2;2-4,10,13,16H,1,5-9,11H2. The molecule has 19 nitrogen and oxygen atoms in total. The average Bonchev–Trinajstić information content (AvgIpc) is 1.27. The zero-order valence-electron chi connectivity index (χ0n) is 82.0. The first-order valence-electron chi connectivity index (χ1n) is 52.7. The molecule has 7 atom stereocenters. The molecule has 0 N–H and O–H groups in total. The van der Waals surface area contributed by atoms with E-state index in [1.807, 2.05) is 61.1 Å². The molecular formula is C119H140N14O5S2. The van der Waals surface area contributed by atoms with Crippen molar-refractivity contribution in [2.24, 2.45) is 82.9 Å². The van der Waals surface area contributed by atoms with E-state index >= 15 is 0 Å². The molecule has 140 heavy (non-hydrogen) atoms. The molecule has 0 saturated carbocycles. The molecular weight excluding hydrogens is 1770 g/mol. The van der Waals surface area contributed by atoms with Crippen molar-refractivity contribution >= 4 is 98.1 Å². The molecule has 0 spiro atoms. The largest absolute Gasteiger partial charge is 0.356 e. The van der Waals surface area contributed by atoms with E-state index in [0.29, 0.717) is 35.5 Å². The molecule has 21 fully saturated rings. The fraction of sp³-hybridized carbons (Fsp3) is 0.471. The molecule has 21 aliphatic heterocycles. The van der Waals surface area contributed by atoms with Crippen molar-refractivity contribution in [1.29, 1.82) is 0 Å². The maximum Gasteiger partial charge on any atom is 0.170 e. The molecule has 21 heteroatoms. The summed E-state index contributed by atoms with van der Waals surface area (Å²) in [5, 5.41) is 27.8. The number of aromatic nitrogens is 7. The van der Waals surface area contributed by atoms with E-state index in [1.54, 1.807) is 41.7 Å². The van der Waals surface area contributed by atoms with Gasteiger partial charge >= 0.3 is 0 Å². The molecule has 0 amide bonds. The zero-order valence-corrected chi connectivity index (χ0v) is 83.6. The van der Waals surface area contributed by atoms with Gasteiger partial charge in [0, 0.05) is 108 Å². The van der Waals surface area contributed by atoms with Gasteiger partial charge in [0.15, 0.2) is 27.9 Å². The fourth-order valence-corrected chi connectivity index (χ4v) is 28.5. The lowest BCUT2D eigenvalue weighted by Crippen LogP contribution is -2.48. The predicted molar refractivity (Wildman–Crippen MR) is 568 cm³/mol. The molecule has 728 valence electrons. The van der Waals surface area contributed by atoms with E-state index < -0.39 is 0 Å². The van der Waals surface area contributed by atoms with E-state index in [9.17, 15) is 0 Å². The first-order valence-corrected chi connectivity index (χ1v) is 54.3. The summed E-state index contributed by atoms with van der Waals surface area (Å²) < 4.78 is 37.7. The third-order valence-corrected chi connectivity index (χ3v) is 37.0. The number of piperidine rings is 21. The molecule has 0 radical (unpaired) electrons. The Morgan fingerprint density at radius 1 is 0.271 bits per heavy atom. The molecule has 7 unspecified atom stereocenters. The molecule has 21 saturated heterocycles. The lowest BCUT2D eigenvalue weighted by atomic mass is 9.74. The van der Waals surface area contributed by atoms with Gasteiger partial charge in [0.25, 0.3) is 0 Å². The molecule has 35 rings (SSSR count). The summed E-state index contributed by atoms with van der Waals surface area (Å²) in [7, 11) is 0. The average molecular weight is 1910 g/mol. The Morgan fingerprint density at radius 3 is 1.15 bits per heavy atom. The van der Waals surface area contributed by atoms with E-state index in [2.05, 4.69) is 206 Å². The van der Waals surface area contributed by atoms with E-state index in [1.165, 1.54) is 320 Å². The van der Waals surface area contributed by atoms with Crippen LogP contribution in [0, 0.1) is 82.9 Å². The van der Waals surface area contributed by atoms with Crippen LogP contribution in [-0.2, 0) is 44.9 Å². The molecule has 14 aromatic rings. The summed E-state index contributed by atoms with van der Waals surface area (Å²) >= 11 is 3.20. The van der Waals surface area contributed by atoms with Gasteiger partial charge in [0.2, 0.25) is 0 Å². The lowest BCUT2D eigenvalue weighted by Gasteiger charge is -2.45. The van der Waals surface area contributed by atoms with Gasteiger partial charge in [-0.2, -0.15) is 8.75 Å². The second-order valence-electron chi connectivity index (χ2n) is 43.8. The van der Waals surface area contributed by atoms with Gasteiger partial charge in [-0.1, -0.05) is 190 Å². The lowest BCUT2D eigenvalue weighted by molar-refractivity contribution is 0.0674. The third-order valence-electron chi connectivity index (χ3n) is 35.3. The molecule has 0 aliphatic carbocycles. The quantitative estimate of drug-likeness (QED) is 0.0620. The second kappa shape index (κ2) is 43.0. The highest BCUT2D eigenvalue weighted by atomic mass is 32.1. The fourth-order valence-electron chi connectivity index (χ4n) is 27.1. The Kier molecular flexibility index (Phi) is 29.0. The summed E-state index contributed by atoms with van der Waals surface area (Å²) in [4.78, 5) is 18.2. The van der Waals surface area contributed by atoms with Crippen LogP contribution in [-0.4, -0.2) is 206 Å². The molecule has 14 bridgehead atoms. The van der Waals surface area contributed by atoms with E-state index in [4.69, 9.17) is 22.6 Å². The van der Waals surface area contributed by atoms with Gasteiger partial charge in [0.1, 0.15) is 0 Å². The molecule has 21 aliphatic rings. The minimum Gasteiger partial charge on any atom is -0.356 e. The predicted octanol–water partition coefficient (Wildman–Crippen LogP) is 23.8. The maximum atomic E-state index is 5.40. The van der Waals surface area contributed by atoms with Crippen molar-refractivity contribution in [2.45, 2.75) is 135 Å². The van der Waals surface area contributed by atoms with Crippen molar-refractivity contribution in [3.05, 3.63) is 295 Å². The maximum absolute atomic E-state index is 5.40. The summed E-state index contributed by atoms with van der Waals surface area (Å²) in [6.07, 6.45) is 36.8. The van der Waals surface area contributed by atoms with Crippen LogP contribution in [0.25, 0.3) is 75.0 Å². The number of benzene rings is 7. The van der Waals surface area contributed by atoms with Crippen molar-refractivity contribution in [2.75, 3.05) is 137 Å². The number of nitrogens with zero attached hydrogens (tertiary/aromatic N) is 14. The van der Waals surface area contributed by atoms with Crippen molar-refractivity contribution in [1.82, 2.24) is 68.8 Å². The Morgan fingerprint density at radius 2 is 0.636 bits per heavy atom. The highest BCUT2D eigenvalue weighted by Gasteiger charge is 2.43. The highest BCUT2D eigenvalue weighted by molar-refractivity contribution is 7.13. The number of hydrogen-bond donors (Lipinski definition) is 0. The molecule has 7 aromatic carbocycles. The molecule has 28 heterocycles. The van der Waals surface area contributed by atoms with E-state index in [-0.39, 0.29) is 0 Å². The SMILES string of the molecule is C=C(Cc1ccc2cnoc2c1)C1CN2CCC1CC2.C=C(Cc1ccc2cnsc2c1)C1CN2CCC1CC2.C=C(Cc1ccc2oncc2c1)C1CN2CCC1CC2.C=C(Cc1cccc2cnoc12)C1CN2CCC1CC2.C=C(Cc1cccc2cnsc12)C1CN2CCC1CC2.C=C(Cc1cccc2oncc12)C1CN2CCC1CC2.C=C(Cc1noc2ccccc12)C1CN2CCC1CC2. The topological polar surface area (TPSA) is 179 Å². The highest BCUT2D eigenvalue weighted by Crippen LogP contribution is 2.46. The van der Waals surface area contributed by atoms with Crippen molar-refractivity contribution < 1.29 is 22.6 Å². The Bertz CT molecular complexity index is 6150. The monoisotopic (exact) mass is 1910 g/mol. The van der Waals surface area contributed by atoms with Gasteiger partial charge in [-0.25, -0.2) is 0 Å². The Labute approximate surface area is 833 Å². The summed E-state index contributed by atoms with van der Waals surface area (Å²) in [5.74, 6) is 10.8.